The molecule has 1 N–H and O–H groups in total. The Morgan fingerprint density at radius 2 is 1.67 bits per heavy atom. The molecule has 1 aliphatic rings. The molecule has 0 atom stereocenters. The summed E-state index contributed by atoms with van der Waals surface area (Å²) in [6, 6.07) is 13.9. The molecule has 1 aromatic heterocycles. The van der Waals surface area contributed by atoms with E-state index >= 15 is 0 Å². The molecule has 0 radical (unpaired) electrons. The predicted octanol–water partition coefficient (Wildman–Crippen LogP) is 4.16. The van der Waals surface area contributed by atoms with Gasteiger partial charge in [0.25, 0.3) is 11.8 Å². The van der Waals surface area contributed by atoms with Crippen molar-refractivity contribution in [2.24, 2.45) is 0 Å². The summed E-state index contributed by atoms with van der Waals surface area (Å²) in [6.45, 7) is 2.39. The van der Waals surface area contributed by atoms with Gasteiger partial charge < -0.3 is 29.0 Å². The number of nitrogens with one attached hydrogen (secondary N) is 1. The Balaban J connectivity index is 1.43. The van der Waals surface area contributed by atoms with E-state index in [1.54, 1.807) is 47.4 Å². The number of anilines is 2. The number of carbonyl (C=O) groups excluding carboxylic acids is 2. The Morgan fingerprint density at radius 3 is 2.24 bits per heavy atom. The molecule has 9 heteroatoms. The quantitative estimate of drug-likeness (QED) is 0.583. The number of hydrogen-bond donors (Lipinski definition) is 1. The third-order valence-corrected chi connectivity index (χ3v) is 5.80. The second kappa shape index (κ2) is 9.87. The van der Waals surface area contributed by atoms with Gasteiger partial charge in [-0.3, -0.25) is 9.59 Å². The van der Waals surface area contributed by atoms with Crippen LogP contribution < -0.4 is 19.7 Å². The largest absolute Gasteiger partial charge is 0.496 e. The maximum absolute atomic E-state index is 12.9. The predicted molar refractivity (Wildman–Crippen MR) is 126 cm³/mol. The number of hydrogen-bond acceptors (Lipinski definition) is 6. The highest BCUT2D eigenvalue weighted by atomic mass is 35.5. The van der Waals surface area contributed by atoms with Gasteiger partial charge in [-0.15, -0.1) is 0 Å². The van der Waals surface area contributed by atoms with Crippen LogP contribution in [0.15, 0.2) is 59.2 Å². The maximum atomic E-state index is 12.9. The van der Waals surface area contributed by atoms with Crippen molar-refractivity contribution in [3.8, 4) is 11.5 Å². The van der Waals surface area contributed by atoms with Gasteiger partial charge in [0.2, 0.25) is 0 Å². The molecule has 2 amide bonds. The van der Waals surface area contributed by atoms with E-state index in [2.05, 4.69) is 10.2 Å². The topological polar surface area (TPSA) is 84.3 Å². The third-order valence-electron chi connectivity index (χ3n) is 5.50. The highest BCUT2D eigenvalue weighted by Gasteiger charge is 2.25. The average Bonchev–Trinajstić information content (AvgIpc) is 3.38. The number of nitrogens with zero attached hydrogens (tertiary/aromatic N) is 2. The van der Waals surface area contributed by atoms with Crippen molar-refractivity contribution in [1.29, 1.82) is 0 Å². The summed E-state index contributed by atoms with van der Waals surface area (Å²) >= 11 is 6.55. The van der Waals surface area contributed by atoms with Crippen molar-refractivity contribution in [3.63, 3.8) is 0 Å². The van der Waals surface area contributed by atoms with Crippen molar-refractivity contribution in [2.75, 3.05) is 50.6 Å². The minimum atomic E-state index is -0.363. The Labute approximate surface area is 196 Å². The fourth-order valence-corrected chi connectivity index (χ4v) is 4.12. The van der Waals surface area contributed by atoms with Crippen molar-refractivity contribution in [2.45, 2.75) is 0 Å². The Morgan fingerprint density at radius 1 is 0.970 bits per heavy atom. The molecule has 33 heavy (non-hydrogen) atoms. The number of amides is 2. The van der Waals surface area contributed by atoms with Crippen molar-refractivity contribution in [3.05, 3.63) is 71.1 Å². The number of carbonyl (C=O) groups is 2. The number of furan rings is 1. The fourth-order valence-electron chi connectivity index (χ4n) is 3.82. The molecule has 1 fully saturated rings. The first kappa shape index (κ1) is 22.5. The van der Waals surface area contributed by atoms with E-state index in [0.29, 0.717) is 59.7 Å². The molecule has 1 saturated heterocycles. The first-order valence-electron chi connectivity index (χ1n) is 10.4. The number of halogens is 1. The standard InChI is InChI=1S/C24H24ClN3O5/c1-31-19-5-3-6-20(32-2)22(19)23(29)26-16-8-9-18(17(25)15-16)27-10-12-28(13-11-27)24(30)21-7-4-14-33-21/h3-9,14-15H,10-13H2,1-2H3,(H,26,29). The van der Waals surface area contributed by atoms with E-state index in [1.807, 2.05) is 6.07 Å². The molecule has 1 aliphatic heterocycles. The second-order valence-electron chi connectivity index (χ2n) is 7.41. The van der Waals surface area contributed by atoms with Crippen LogP contribution in [0.4, 0.5) is 11.4 Å². The van der Waals surface area contributed by atoms with Crippen molar-refractivity contribution in [1.82, 2.24) is 4.90 Å². The average molecular weight is 470 g/mol. The van der Waals surface area contributed by atoms with Crippen LogP contribution in [0, 0.1) is 0 Å². The van der Waals surface area contributed by atoms with Crippen LogP contribution in [0.25, 0.3) is 0 Å². The first-order chi connectivity index (χ1) is 16.0. The number of rotatable bonds is 6. The zero-order valence-electron chi connectivity index (χ0n) is 18.3. The molecule has 0 saturated carbocycles. The van der Waals surface area contributed by atoms with Gasteiger partial charge in [0.05, 0.1) is 31.2 Å². The molecular formula is C24H24ClN3O5. The van der Waals surface area contributed by atoms with E-state index in [9.17, 15) is 9.59 Å². The molecule has 3 aromatic rings. The van der Waals surface area contributed by atoms with Crippen molar-refractivity contribution < 1.29 is 23.5 Å². The molecule has 2 heterocycles. The van der Waals surface area contributed by atoms with Gasteiger partial charge in [0.1, 0.15) is 17.1 Å². The minimum absolute atomic E-state index is 0.115. The molecule has 2 aromatic carbocycles. The van der Waals surface area contributed by atoms with E-state index in [1.165, 1.54) is 20.5 Å². The van der Waals surface area contributed by atoms with Crippen LogP contribution in [0.5, 0.6) is 11.5 Å². The molecule has 0 unspecified atom stereocenters. The lowest BCUT2D eigenvalue weighted by Gasteiger charge is -2.36. The van der Waals surface area contributed by atoms with E-state index in [-0.39, 0.29) is 11.8 Å². The monoisotopic (exact) mass is 469 g/mol. The SMILES string of the molecule is COc1cccc(OC)c1C(=O)Nc1ccc(N2CCN(C(=O)c3ccco3)CC2)c(Cl)c1. The van der Waals surface area contributed by atoms with Gasteiger partial charge in [-0.1, -0.05) is 17.7 Å². The normalized spacial score (nSPS) is 13.5. The van der Waals surface area contributed by atoms with Gasteiger partial charge in [-0.2, -0.15) is 0 Å². The molecular weight excluding hydrogens is 446 g/mol. The van der Waals surface area contributed by atoms with Gasteiger partial charge in [0, 0.05) is 31.9 Å². The highest BCUT2D eigenvalue weighted by Crippen LogP contribution is 2.32. The number of methoxy groups -OCH3 is 2. The van der Waals surface area contributed by atoms with Gasteiger partial charge in [-0.05, 0) is 42.5 Å². The molecule has 0 bridgehead atoms. The van der Waals surface area contributed by atoms with E-state index in [0.717, 1.165) is 5.69 Å². The number of benzene rings is 2. The summed E-state index contributed by atoms with van der Waals surface area (Å²) in [7, 11) is 3.00. The minimum Gasteiger partial charge on any atom is -0.496 e. The summed E-state index contributed by atoms with van der Waals surface area (Å²) in [6.07, 6.45) is 1.49. The lowest BCUT2D eigenvalue weighted by Crippen LogP contribution is -2.48. The zero-order valence-corrected chi connectivity index (χ0v) is 19.1. The van der Waals surface area contributed by atoms with Crippen molar-refractivity contribution >= 4 is 34.8 Å². The fraction of sp³-hybridized carbons (Fsp3) is 0.250. The summed E-state index contributed by atoms with van der Waals surface area (Å²) in [5, 5.41) is 3.36. The van der Waals surface area contributed by atoms with Gasteiger partial charge >= 0.3 is 0 Å². The van der Waals surface area contributed by atoms with Crippen LogP contribution in [0.1, 0.15) is 20.9 Å². The van der Waals surface area contributed by atoms with E-state index in [4.69, 9.17) is 25.5 Å². The smallest absolute Gasteiger partial charge is 0.289 e. The third kappa shape index (κ3) is 4.75. The summed E-state index contributed by atoms with van der Waals surface area (Å²) in [5.74, 6) is 0.690. The van der Waals surface area contributed by atoms with E-state index < -0.39 is 0 Å². The molecule has 172 valence electrons. The molecule has 0 spiro atoms. The number of ether oxygens (including phenoxy) is 2. The van der Waals surface area contributed by atoms with Crippen LogP contribution in [0.3, 0.4) is 0 Å². The van der Waals surface area contributed by atoms with Gasteiger partial charge in [0.15, 0.2) is 5.76 Å². The van der Waals surface area contributed by atoms with Crippen LogP contribution >= 0.6 is 11.6 Å². The van der Waals surface area contributed by atoms with Crippen LogP contribution in [0.2, 0.25) is 5.02 Å². The Kier molecular flexibility index (Phi) is 6.74. The van der Waals surface area contributed by atoms with Crippen LogP contribution in [-0.2, 0) is 0 Å². The first-order valence-corrected chi connectivity index (χ1v) is 10.8. The number of piperazine rings is 1. The maximum Gasteiger partial charge on any atom is 0.289 e. The summed E-state index contributed by atoms with van der Waals surface area (Å²) in [5.41, 5.74) is 1.70. The Hall–Kier alpha value is -3.65. The van der Waals surface area contributed by atoms with Gasteiger partial charge in [-0.25, -0.2) is 0 Å². The lowest BCUT2D eigenvalue weighted by atomic mass is 10.1. The second-order valence-corrected chi connectivity index (χ2v) is 7.82. The summed E-state index contributed by atoms with van der Waals surface area (Å²) < 4.78 is 15.8. The lowest BCUT2D eigenvalue weighted by molar-refractivity contribution is 0.0714. The molecule has 0 aliphatic carbocycles. The zero-order chi connectivity index (χ0) is 23.4. The van der Waals surface area contributed by atoms with Crippen LogP contribution in [-0.4, -0.2) is 57.1 Å². The molecule has 4 rings (SSSR count). The highest BCUT2D eigenvalue weighted by molar-refractivity contribution is 6.33. The summed E-state index contributed by atoms with van der Waals surface area (Å²) in [4.78, 5) is 29.2. The molecule has 8 nitrogen and oxygen atoms in total. The Bertz CT molecular complexity index is 1120.